The van der Waals surface area contributed by atoms with Crippen LogP contribution in [0, 0.1) is 11.6 Å². The summed E-state index contributed by atoms with van der Waals surface area (Å²) in [6, 6.07) is 2.25. The summed E-state index contributed by atoms with van der Waals surface area (Å²) < 4.78 is 67.5. The first-order valence-corrected chi connectivity index (χ1v) is 6.23. The van der Waals surface area contributed by atoms with Gasteiger partial charge in [0.2, 0.25) is 8.87 Å². The van der Waals surface area contributed by atoms with E-state index in [-0.39, 0.29) is 0 Å². The Kier molecular flexibility index (Phi) is 2.98. The molecule has 1 aromatic rings. The summed E-state index contributed by atoms with van der Waals surface area (Å²) in [4.78, 5) is -1.19. The quantitative estimate of drug-likeness (QED) is 0.559. The maximum Gasteiger partial charge on any atom is 0.248 e. The molecule has 0 fully saturated rings. The van der Waals surface area contributed by atoms with E-state index in [1.54, 1.807) is 0 Å². The van der Waals surface area contributed by atoms with Crippen molar-refractivity contribution in [2.45, 2.75) is 4.90 Å². The van der Waals surface area contributed by atoms with Crippen LogP contribution in [0.25, 0.3) is 0 Å². The molecule has 0 bridgehead atoms. The minimum Gasteiger partial charge on any atom is -0.760 e. The van der Waals surface area contributed by atoms with Crippen molar-refractivity contribution in [3.8, 4) is 0 Å². The predicted molar refractivity (Wildman–Crippen MR) is 42.5 cm³/mol. The zero-order valence-electron chi connectivity index (χ0n) is 6.44. The summed E-state index contributed by atoms with van der Waals surface area (Å²) in [5, 5.41) is 0. The zero-order chi connectivity index (χ0) is 10.9. The van der Waals surface area contributed by atoms with Gasteiger partial charge in [-0.3, -0.25) is 4.21 Å². The average molecular weight is 241 g/mol. The summed E-state index contributed by atoms with van der Waals surface area (Å²) in [5.41, 5.74) is 0. The fraction of sp³-hybridized carbons (Fsp3) is 0. The molecule has 0 aliphatic heterocycles. The second-order valence-corrected chi connectivity index (χ2v) is 6.10. The topological polar surface area (TPSA) is 74.3 Å². The second kappa shape index (κ2) is 3.71. The van der Waals surface area contributed by atoms with Gasteiger partial charge >= 0.3 is 0 Å². The van der Waals surface area contributed by atoms with Gasteiger partial charge in [-0.25, -0.2) is 17.2 Å². The molecule has 0 aromatic heterocycles. The second-order valence-electron chi connectivity index (χ2n) is 2.21. The number of halogens is 2. The molecule has 0 spiro atoms. The van der Waals surface area contributed by atoms with E-state index in [9.17, 15) is 26.0 Å². The third-order valence-corrected chi connectivity index (χ3v) is 4.19. The van der Waals surface area contributed by atoms with E-state index in [1.807, 2.05) is 0 Å². The van der Waals surface area contributed by atoms with Crippen molar-refractivity contribution in [2.24, 2.45) is 0 Å². The molecule has 78 valence electrons. The molecular weight excluding hydrogens is 238 g/mol. The van der Waals surface area contributed by atoms with E-state index in [0.29, 0.717) is 12.1 Å². The first kappa shape index (κ1) is 11.2. The molecule has 1 rings (SSSR count). The average Bonchev–Trinajstić information content (AvgIpc) is 2.09. The van der Waals surface area contributed by atoms with E-state index in [0.717, 1.165) is 6.07 Å². The van der Waals surface area contributed by atoms with Gasteiger partial charge < -0.3 is 4.55 Å². The minimum absolute atomic E-state index is 0.670. The molecule has 1 atom stereocenters. The van der Waals surface area contributed by atoms with Crippen molar-refractivity contribution < 1.29 is 26.0 Å². The molecule has 0 N–H and O–H groups in total. The van der Waals surface area contributed by atoms with Crippen molar-refractivity contribution in [1.29, 1.82) is 0 Å². The summed E-state index contributed by atoms with van der Waals surface area (Å²) in [6.07, 6.45) is 0. The number of hydrogen-bond acceptors (Lipinski definition) is 4. The highest BCUT2D eigenvalue weighted by Crippen LogP contribution is 2.19. The van der Waals surface area contributed by atoms with Gasteiger partial charge in [0.05, 0.1) is 10.1 Å². The fourth-order valence-corrected chi connectivity index (χ4v) is 2.29. The lowest BCUT2D eigenvalue weighted by Gasteiger charge is -2.07. The van der Waals surface area contributed by atoms with Crippen LogP contribution in [0.4, 0.5) is 8.78 Å². The molecule has 0 heterocycles. The molecule has 1 aromatic carbocycles. The largest absolute Gasteiger partial charge is 0.760 e. The van der Waals surface area contributed by atoms with E-state index < -0.39 is 35.5 Å². The van der Waals surface area contributed by atoms with Crippen LogP contribution >= 0.6 is 0 Å². The Morgan fingerprint density at radius 1 is 1.29 bits per heavy atom. The van der Waals surface area contributed by atoms with Gasteiger partial charge in [0.15, 0.2) is 11.6 Å². The fourth-order valence-electron chi connectivity index (χ4n) is 0.750. The van der Waals surface area contributed by atoms with Gasteiger partial charge in [-0.1, -0.05) is 6.07 Å². The summed E-state index contributed by atoms with van der Waals surface area (Å²) in [6.45, 7) is 0. The Morgan fingerprint density at radius 3 is 2.36 bits per heavy atom. The van der Waals surface area contributed by atoms with Gasteiger partial charge in [0.1, 0.15) is 4.90 Å². The molecule has 0 saturated carbocycles. The Labute approximate surface area is 80.2 Å². The van der Waals surface area contributed by atoms with Crippen LogP contribution in [-0.2, 0) is 19.0 Å². The van der Waals surface area contributed by atoms with Crippen molar-refractivity contribution in [1.82, 2.24) is 0 Å². The maximum absolute atomic E-state index is 12.8. The van der Waals surface area contributed by atoms with Crippen molar-refractivity contribution in [3.05, 3.63) is 29.8 Å². The number of hydrogen-bond donors (Lipinski definition) is 0. The molecule has 0 saturated heterocycles. The highest BCUT2D eigenvalue weighted by atomic mass is 33.2. The van der Waals surface area contributed by atoms with Gasteiger partial charge in [-0.15, -0.1) is 0 Å². The van der Waals surface area contributed by atoms with Crippen molar-refractivity contribution >= 4 is 19.0 Å². The minimum atomic E-state index is -4.83. The Hall–Kier alpha value is -0.860. The van der Waals surface area contributed by atoms with Crippen LogP contribution in [0.3, 0.4) is 0 Å². The molecular formula is C6H3F2O4S2-. The Balaban J connectivity index is 3.49. The molecule has 0 radical (unpaired) electrons. The van der Waals surface area contributed by atoms with Crippen molar-refractivity contribution in [2.75, 3.05) is 0 Å². The van der Waals surface area contributed by atoms with E-state index in [2.05, 4.69) is 0 Å². The molecule has 4 nitrogen and oxygen atoms in total. The van der Waals surface area contributed by atoms with Crippen LogP contribution in [-0.4, -0.2) is 17.2 Å². The first-order chi connectivity index (χ1) is 6.37. The first-order valence-electron chi connectivity index (χ1n) is 3.16. The highest BCUT2D eigenvalue weighted by molar-refractivity contribution is 8.61. The molecule has 8 heteroatoms. The molecule has 0 aliphatic rings. The number of rotatable bonds is 2. The molecule has 1 unspecified atom stereocenters. The van der Waals surface area contributed by atoms with Crippen LogP contribution in [0.2, 0.25) is 0 Å². The smallest absolute Gasteiger partial charge is 0.248 e. The molecule has 0 amide bonds. The van der Waals surface area contributed by atoms with Gasteiger partial charge in [0, 0.05) is 0 Å². The normalized spacial score (nSPS) is 13.9. The summed E-state index contributed by atoms with van der Waals surface area (Å²) in [7, 11) is -8.36. The SMILES string of the molecule is O=S([O-])S(=O)(=O)c1cccc(F)c1F. The monoisotopic (exact) mass is 241 g/mol. The third-order valence-electron chi connectivity index (χ3n) is 1.36. The molecule has 14 heavy (non-hydrogen) atoms. The van der Waals surface area contributed by atoms with E-state index >= 15 is 0 Å². The summed E-state index contributed by atoms with van der Waals surface area (Å²) in [5.74, 6) is -3.12. The van der Waals surface area contributed by atoms with Crippen LogP contribution in [0.5, 0.6) is 0 Å². The third kappa shape index (κ3) is 1.81. The lowest BCUT2D eigenvalue weighted by atomic mass is 10.3. The Bertz CT molecular complexity index is 483. The molecule has 0 aliphatic carbocycles. The van der Waals surface area contributed by atoms with E-state index in [4.69, 9.17) is 0 Å². The highest BCUT2D eigenvalue weighted by Gasteiger charge is 2.22. The van der Waals surface area contributed by atoms with Crippen LogP contribution in [0.15, 0.2) is 23.1 Å². The van der Waals surface area contributed by atoms with Gasteiger partial charge in [-0.2, -0.15) is 0 Å². The van der Waals surface area contributed by atoms with Crippen LogP contribution in [0.1, 0.15) is 0 Å². The van der Waals surface area contributed by atoms with E-state index in [1.165, 1.54) is 0 Å². The zero-order valence-corrected chi connectivity index (χ0v) is 8.07. The number of benzene rings is 1. The van der Waals surface area contributed by atoms with Crippen molar-refractivity contribution in [3.63, 3.8) is 0 Å². The predicted octanol–water partition coefficient (Wildman–Crippen LogP) is 0.533. The van der Waals surface area contributed by atoms with Gasteiger partial charge in [-0.05, 0) is 12.1 Å². The van der Waals surface area contributed by atoms with Gasteiger partial charge in [0.25, 0.3) is 0 Å². The van der Waals surface area contributed by atoms with Crippen LogP contribution < -0.4 is 0 Å². The maximum atomic E-state index is 12.8. The standard InChI is InChI=1S/C6H4F2O4S2/c7-4-2-1-3-5(6(4)8)14(11,12)13(9)10/h1-3H,(H,9,10)/p-1. The lowest BCUT2D eigenvalue weighted by Crippen LogP contribution is -2.10. The summed E-state index contributed by atoms with van der Waals surface area (Å²) >= 11 is 0. The Morgan fingerprint density at radius 2 is 1.86 bits per heavy atom. The lowest BCUT2D eigenvalue weighted by molar-refractivity contribution is 0.485.